The van der Waals surface area contributed by atoms with Crippen LogP contribution in [0.15, 0.2) is 0 Å². The van der Waals surface area contributed by atoms with Crippen LogP contribution < -0.4 is 5.32 Å². The van der Waals surface area contributed by atoms with E-state index in [4.69, 9.17) is 0 Å². The van der Waals surface area contributed by atoms with Crippen LogP contribution in [0.5, 0.6) is 0 Å². The Morgan fingerprint density at radius 1 is 1.35 bits per heavy atom. The van der Waals surface area contributed by atoms with Gasteiger partial charge in [-0.05, 0) is 43.9 Å². The van der Waals surface area contributed by atoms with Crippen LogP contribution >= 0.6 is 0 Å². The highest BCUT2D eigenvalue weighted by Gasteiger charge is 2.54. The number of carbonyl (C=O) groups is 2. The lowest BCUT2D eigenvalue weighted by Gasteiger charge is -2.18. The van der Waals surface area contributed by atoms with Crippen LogP contribution in [0.2, 0.25) is 0 Å². The molecule has 1 unspecified atom stereocenters. The summed E-state index contributed by atoms with van der Waals surface area (Å²) in [4.78, 5) is 24.9. The second-order valence-electron chi connectivity index (χ2n) is 5.75. The topological polar surface area (TPSA) is 49.4 Å². The van der Waals surface area contributed by atoms with Gasteiger partial charge in [-0.25, -0.2) is 0 Å². The lowest BCUT2D eigenvalue weighted by atomic mass is 10.0. The number of carbonyl (C=O) groups excluding carboxylic acids is 2. The first-order chi connectivity index (χ1) is 8.16. The van der Waals surface area contributed by atoms with E-state index in [0.717, 1.165) is 12.5 Å². The van der Waals surface area contributed by atoms with Crippen LogP contribution in [0.3, 0.4) is 0 Å². The van der Waals surface area contributed by atoms with Gasteiger partial charge in [0.05, 0.1) is 12.5 Å². The Morgan fingerprint density at radius 2 is 2.06 bits per heavy atom. The van der Waals surface area contributed by atoms with Gasteiger partial charge in [0.1, 0.15) is 0 Å². The molecule has 3 fully saturated rings. The van der Waals surface area contributed by atoms with Gasteiger partial charge in [-0.1, -0.05) is 0 Å². The summed E-state index contributed by atoms with van der Waals surface area (Å²) in [6, 6.07) is -0.251. The van der Waals surface area contributed by atoms with E-state index in [1.54, 1.807) is 0 Å². The summed E-state index contributed by atoms with van der Waals surface area (Å²) in [5.74, 6) is 0.847. The Bertz CT molecular complexity index is 358. The molecule has 4 nitrogen and oxygen atoms in total. The van der Waals surface area contributed by atoms with Crippen molar-refractivity contribution in [3.8, 4) is 0 Å². The molecule has 4 heteroatoms. The highest BCUT2D eigenvalue weighted by molar-refractivity contribution is 6.05. The van der Waals surface area contributed by atoms with Crippen LogP contribution in [0.25, 0.3) is 0 Å². The predicted octanol–water partition coefficient (Wildman–Crippen LogP) is 0.914. The fourth-order valence-electron chi connectivity index (χ4n) is 3.09. The fourth-order valence-corrected chi connectivity index (χ4v) is 3.09. The van der Waals surface area contributed by atoms with E-state index in [2.05, 4.69) is 5.32 Å². The van der Waals surface area contributed by atoms with Gasteiger partial charge in [-0.15, -0.1) is 0 Å². The van der Waals surface area contributed by atoms with Crippen molar-refractivity contribution in [2.45, 2.75) is 45.1 Å². The number of imide groups is 1. The minimum Gasteiger partial charge on any atom is -0.305 e. The smallest absolute Gasteiger partial charge is 0.246 e. The average Bonchev–Trinajstić information content (AvgIpc) is 3.15. The van der Waals surface area contributed by atoms with E-state index in [9.17, 15) is 9.59 Å². The van der Waals surface area contributed by atoms with Crippen molar-refractivity contribution in [2.75, 3.05) is 13.1 Å². The first-order valence-electron chi connectivity index (χ1n) is 6.74. The molecule has 0 spiro atoms. The van der Waals surface area contributed by atoms with Gasteiger partial charge < -0.3 is 5.32 Å². The van der Waals surface area contributed by atoms with E-state index in [1.807, 2.05) is 6.92 Å². The van der Waals surface area contributed by atoms with Crippen molar-refractivity contribution < 1.29 is 9.59 Å². The Morgan fingerprint density at radius 3 is 2.53 bits per heavy atom. The Kier molecular flexibility index (Phi) is 2.51. The number of likely N-dealkylation sites (tertiary alicyclic amines) is 1. The molecule has 2 amide bonds. The molecule has 1 N–H and O–H groups in total. The quantitative estimate of drug-likeness (QED) is 0.722. The molecular weight excluding hydrogens is 216 g/mol. The zero-order valence-corrected chi connectivity index (χ0v) is 10.4. The summed E-state index contributed by atoms with van der Waals surface area (Å²) in [7, 11) is 0. The molecule has 2 aliphatic carbocycles. The van der Waals surface area contributed by atoms with Gasteiger partial charge in [-0.2, -0.15) is 0 Å². The lowest BCUT2D eigenvalue weighted by molar-refractivity contribution is -0.138. The second-order valence-corrected chi connectivity index (χ2v) is 5.75. The lowest BCUT2D eigenvalue weighted by Crippen LogP contribution is -2.41. The van der Waals surface area contributed by atoms with Crippen molar-refractivity contribution in [1.29, 1.82) is 0 Å². The third kappa shape index (κ3) is 1.88. The molecule has 1 atom stereocenters. The molecule has 17 heavy (non-hydrogen) atoms. The number of amides is 2. The zero-order valence-electron chi connectivity index (χ0n) is 10.4. The van der Waals surface area contributed by atoms with Crippen molar-refractivity contribution >= 4 is 11.8 Å². The molecule has 3 aliphatic rings. The SMILES string of the molecule is CCN1C(=O)CC(NCC2(C3CC3)CC2)C1=O. The summed E-state index contributed by atoms with van der Waals surface area (Å²) in [6.45, 7) is 3.29. The van der Waals surface area contributed by atoms with Gasteiger partial charge in [0.25, 0.3) is 0 Å². The Labute approximate surface area is 102 Å². The number of rotatable bonds is 5. The first kappa shape index (κ1) is 11.2. The monoisotopic (exact) mass is 236 g/mol. The molecule has 0 bridgehead atoms. The van der Waals surface area contributed by atoms with E-state index < -0.39 is 0 Å². The van der Waals surface area contributed by atoms with Gasteiger partial charge in [0.2, 0.25) is 11.8 Å². The van der Waals surface area contributed by atoms with Crippen LogP contribution in [-0.2, 0) is 9.59 Å². The number of nitrogens with zero attached hydrogens (tertiary/aromatic N) is 1. The van der Waals surface area contributed by atoms with Crippen molar-refractivity contribution in [3.63, 3.8) is 0 Å². The summed E-state index contributed by atoms with van der Waals surface area (Å²) in [5, 5.41) is 3.34. The molecule has 1 saturated heterocycles. The fraction of sp³-hybridized carbons (Fsp3) is 0.846. The minimum atomic E-state index is -0.251. The Balaban J connectivity index is 1.56. The maximum Gasteiger partial charge on any atom is 0.246 e. The highest BCUT2D eigenvalue weighted by atomic mass is 16.2. The predicted molar refractivity (Wildman–Crippen MR) is 63.2 cm³/mol. The molecule has 2 saturated carbocycles. The number of likely N-dealkylation sites (N-methyl/N-ethyl adjacent to an activating group) is 1. The summed E-state index contributed by atoms with van der Waals surface area (Å²) >= 11 is 0. The van der Waals surface area contributed by atoms with E-state index in [1.165, 1.54) is 30.6 Å². The molecular formula is C13H20N2O2. The molecule has 3 rings (SSSR count). The summed E-state index contributed by atoms with van der Waals surface area (Å²) in [5.41, 5.74) is 0.489. The van der Waals surface area contributed by atoms with Crippen molar-refractivity contribution in [1.82, 2.24) is 10.2 Å². The molecule has 94 valence electrons. The maximum absolute atomic E-state index is 11.9. The molecule has 0 aromatic carbocycles. The highest BCUT2D eigenvalue weighted by Crippen LogP contribution is 2.60. The van der Waals surface area contributed by atoms with Crippen LogP contribution in [-0.4, -0.2) is 35.8 Å². The third-order valence-corrected chi connectivity index (χ3v) is 4.60. The number of nitrogens with one attached hydrogen (secondary N) is 1. The second kappa shape index (κ2) is 3.80. The number of hydrogen-bond acceptors (Lipinski definition) is 3. The standard InChI is InChI=1S/C13H20N2O2/c1-2-15-11(16)7-10(12(15)17)14-8-13(5-6-13)9-3-4-9/h9-10,14H,2-8H2,1H3. The van der Waals surface area contributed by atoms with Crippen LogP contribution in [0, 0.1) is 11.3 Å². The van der Waals surface area contributed by atoms with Gasteiger partial charge >= 0.3 is 0 Å². The van der Waals surface area contributed by atoms with Gasteiger partial charge in [-0.3, -0.25) is 14.5 Å². The largest absolute Gasteiger partial charge is 0.305 e. The van der Waals surface area contributed by atoms with E-state index in [-0.39, 0.29) is 17.9 Å². The van der Waals surface area contributed by atoms with Gasteiger partial charge in [0, 0.05) is 13.1 Å². The van der Waals surface area contributed by atoms with E-state index >= 15 is 0 Å². The molecule has 1 heterocycles. The molecule has 0 radical (unpaired) electrons. The molecule has 1 aliphatic heterocycles. The average molecular weight is 236 g/mol. The normalized spacial score (nSPS) is 31.1. The summed E-state index contributed by atoms with van der Waals surface area (Å²) in [6.07, 6.45) is 5.68. The maximum atomic E-state index is 11.9. The molecule has 0 aromatic rings. The summed E-state index contributed by atoms with van der Waals surface area (Å²) < 4.78 is 0. The third-order valence-electron chi connectivity index (χ3n) is 4.60. The number of hydrogen-bond donors (Lipinski definition) is 1. The minimum absolute atomic E-state index is 0.0220. The van der Waals surface area contributed by atoms with E-state index in [0.29, 0.717) is 18.4 Å². The van der Waals surface area contributed by atoms with Gasteiger partial charge in [0.15, 0.2) is 0 Å². The first-order valence-corrected chi connectivity index (χ1v) is 6.74. The molecule has 0 aromatic heterocycles. The Hall–Kier alpha value is -0.900. The zero-order chi connectivity index (χ0) is 12.0. The van der Waals surface area contributed by atoms with Crippen LogP contribution in [0.4, 0.5) is 0 Å². The van der Waals surface area contributed by atoms with Crippen molar-refractivity contribution in [3.05, 3.63) is 0 Å². The van der Waals surface area contributed by atoms with Crippen LogP contribution in [0.1, 0.15) is 39.0 Å². The van der Waals surface area contributed by atoms with Crippen molar-refractivity contribution in [2.24, 2.45) is 11.3 Å².